The summed E-state index contributed by atoms with van der Waals surface area (Å²) in [5, 5.41) is 15.8. The van der Waals surface area contributed by atoms with E-state index in [1.807, 2.05) is 44.2 Å². The molecule has 0 aromatic heterocycles. The molecule has 3 aromatic rings. The Bertz CT molecular complexity index is 1240. The van der Waals surface area contributed by atoms with E-state index in [2.05, 4.69) is 10.5 Å². The number of aromatic hydroxyl groups is 1. The van der Waals surface area contributed by atoms with Crippen LogP contribution in [0.15, 0.2) is 59.7 Å². The molecule has 3 aromatic carbocycles. The first-order valence-electron chi connectivity index (χ1n) is 9.25. The van der Waals surface area contributed by atoms with E-state index < -0.39 is 22.5 Å². The van der Waals surface area contributed by atoms with Gasteiger partial charge in [0.1, 0.15) is 12.3 Å². The molecular formula is C22H23N3O4S. The molecule has 0 saturated carbocycles. The van der Waals surface area contributed by atoms with Crippen LogP contribution in [0, 0.1) is 13.8 Å². The minimum atomic E-state index is -3.68. The Morgan fingerprint density at radius 1 is 1.10 bits per heavy atom. The fourth-order valence-electron chi connectivity index (χ4n) is 3.14. The smallest absolute Gasteiger partial charge is 0.260 e. The van der Waals surface area contributed by atoms with Crippen LogP contribution in [0.3, 0.4) is 0 Å². The maximum Gasteiger partial charge on any atom is 0.260 e. The molecule has 0 aliphatic heterocycles. The number of benzene rings is 3. The third-order valence-corrected chi connectivity index (χ3v) is 5.99. The van der Waals surface area contributed by atoms with Gasteiger partial charge < -0.3 is 5.11 Å². The van der Waals surface area contributed by atoms with Gasteiger partial charge in [0.15, 0.2) is 0 Å². The summed E-state index contributed by atoms with van der Waals surface area (Å²) in [4.78, 5) is 12.4. The number of rotatable bonds is 6. The number of sulfonamides is 1. The van der Waals surface area contributed by atoms with Gasteiger partial charge in [-0.15, -0.1) is 0 Å². The molecule has 7 nitrogen and oxygen atoms in total. The Morgan fingerprint density at radius 2 is 1.83 bits per heavy atom. The number of nitrogens with one attached hydrogen (secondary N) is 1. The highest BCUT2D eigenvalue weighted by Gasteiger charge is 2.22. The van der Waals surface area contributed by atoms with Gasteiger partial charge in [-0.1, -0.05) is 42.5 Å². The Morgan fingerprint density at radius 3 is 2.57 bits per heavy atom. The van der Waals surface area contributed by atoms with Crippen LogP contribution in [0.5, 0.6) is 5.75 Å². The van der Waals surface area contributed by atoms with Crippen molar-refractivity contribution in [3.8, 4) is 5.75 Å². The molecule has 3 rings (SSSR count). The highest BCUT2D eigenvalue weighted by molar-refractivity contribution is 7.92. The van der Waals surface area contributed by atoms with Crippen molar-refractivity contribution in [1.82, 2.24) is 5.43 Å². The SMILES string of the molecule is Cc1cccc(N(CC(=O)N/N=C\c2c(O)ccc3ccccc23)S(C)(=O)=O)c1C. The van der Waals surface area contributed by atoms with Gasteiger partial charge in [-0.25, -0.2) is 13.8 Å². The first-order chi connectivity index (χ1) is 14.2. The molecule has 0 fully saturated rings. The minimum Gasteiger partial charge on any atom is -0.507 e. The lowest BCUT2D eigenvalue weighted by Crippen LogP contribution is -2.39. The zero-order chi connectivity index (χ0) is 21.9. The molecule has 0 radical (unpaired) electrons. The van der Waals surface area contributed by atoms with Crippen LogP contribution in [-0.2, 0) is 14.8 Å². The van der Waals surface area contributed by atoms with E-state index in [9.17, 15) is 18.3 Å². The zero-order valence-corrected chi connectivity index (χ0v) is 17.8. The number of phenolic OH excluding ortho intramolecular Hbond substituents is 1. The van der Waals surface area contributed by atoms with Crippen LogP contribution in [-0.4, -0.2) is 38.4 Å². The Balaban J connectivity index is 1.81. The summed E-state index contributed by atoms with van der Waals surface area (Å²) in [5.74, 6) is -0.572. The molecule has 30 heavy (non-hydrogen) atoms. The average molecular weight is 426 g/mol. The molecule has 0 bridgehead atoms. The molecule has 156 valence electrons. The first-order valence-corrected chi connectivity index (χ1v) is 11.1. The van der Waals surface area contributed by atoms with Crippen molar-refractivity contribution in [2.24, 2.45) is 5.10 Å². The predicted molar refractivity (Wildman–Crippen MR) is 119 cm³/mol. The standard InChI is InChI=1S/C22H23N3O4S/c1-15-7-6-10-20(16(15)2)25(30(3,28)29)14-22(27)24-23-13-19-18-9-5-4-8-17(18)11-12-21(19)26/h4-13,26H,14H2,1-3H3,(H,24,27)/b23-13-. The number of hydrogen-bond acceptors (Lipinski definition) is 5. The monoisotopic (exact) mass is 425 g/mol. The summed E-state index contributed by atoms with van der Waals surface area (Å²) in [6.45, 7) is 3.27. The number of amides is 1. The van der Waals surface area contributed by atoms with Crippen LogP contribution in [0.2, 0.25) is 0 Å². The molecule has 8 heteroatoms. The van der Waals surface area contributed by atoms with E-state index in [0.29, 0.717) is 11.3 Å². The molecule has 0 spiro atoms. The maximum atomic E-state index is 12.4. The highest BCUT2D eigenvalue weighted by atomic mass is 32.2. The molecule has 0 atom stereocenters. The van der Waals surface area contributed by atoms with E-state index >= 15 is 0 Å². The summed E-state index contributed by atoms with van der Waals surface area (Å²) >= 11 is 0. The predicted octanol–water partition coefficient (Wildman–Crippen LogP) is 3.08. The van der Waals surface area contributed by atoms with Gasteiger partial charge in [0.25, 0.3) is 5.91 Å². The van der Waals surface area contributed by atoms with Crippen molar-refractivity contribution in [3.63, 3.8) is 0 Å². The number of fused-ring (bicyclic) bond motifs is 1. The molecular weight excluding hydrogens is 402 g/mol. The van der Waals surface area contributed by atoms with Crippen LogP contribution >= 0.6 is 0 Å². The van der Waals surface area contributed by atoms with Crippen LogP contribution in [0.1, 0.15) is 16.7 Å². The first kappa shape index (κ1) is 21.3. The fraction of sp³-hybridized carbons (Fsp3) is 0.182. The van der Waals surface area contributed by atoms with Gasteiger partial charge in [0, 0.05) is 5.56 Å². The molecule has 0 aliphatic rings. The quantitative estimate of drug-likeness (QED) is 0.468. The minimum absolute atomic E-state index is 0.0276. The van der Waals surface area contributed by atoms with E-state index in [4.69, 9.17) is 0 Å². The van der Waals surface area contributed by atoms with Crippen molar-refractivity contribution in [2.75, 3.05) is 17.1 Å². The zero-order valence-electron chi connectivity index (χ0n) is 17.0. The van der Waals surface area contributed by atoms with Gasteiger partial charge in [-0.2, -0.15) is 5.10 Å². The van der Waals surface area contributed by atoms with E-state index in [1.165, 1.54) is 6.21 Å². The number of carbonyl (C=O) groups is 1. The normalized spacial score (nSPS) is 11.7. The van der Waals surface area contributed by atoms with Gasteiger partial charge in [0.2, 0.25) is 10.0 Å². The van der Waals surface area contributed by atoms with Crippen molar-refractivity contribution in [1.29, 1.82) is 0 Å². The van der Waals surface area contributed by atoms with Crippen LogP contribution in [0.25, 0.3) is 10.8 Å². The molecule has 1 amide bonds. The fourth-order valence-corrected chi connectivity index (χ4v) is 4.05. The Labute approximate surface area is 175 Å². The maximum absolute atomic E-state index is 12.4. The molecule has 0 aliphatic carbocycles. The van der Waals surface area contributed by atoms with Crippen LogP contribution in [0.4, 0.5) is 5.69 Å². The third kappa shape index (κ3) is 4.60. The number of anilines is 1. The van der Waals surface area contributed by atoms with E-state index in [0.717, 1.165) is 32.5 Å². The number of aryl methyl sites for hydroxylation is 1. The van der Waals surface area contributed by atoms with E-state index in [1.54, 1.807) is 24.3 Å². The average Bonchev–Trinajstić information content (AvgIpc) is 2.69. The van der Waals surface area contributed by atoms with Gasteiger partial charge in [-0.3, -0.25) is 9.10 Å². The van der Waals surface area contributed by atoms with E-state index in [-0.39, 0.29) is 5.75 Å². The largest absolute Gasteiger partial charge is 0.507 e. The van der Waals surface area contributed by atoms with Crippen molar-refractivity contribution in [3.05, 3.63) is 71.3 Å². The summed E-state index contributed by atoms with van der Waals surface area (Å²) < 4.78 is 25.6. The lowest BCUT2D eigenvalue weighted by molar-refractivity contribution is -0.119. The number of nitrogens with zero attached hydrogens (tertiary/aromatic N) is 2. The second-order valence-corrected chi connectivity index (χ2v) is 8.91. The summed E-state index contributed by atoms with van der Waals surface area (Å²) in [6.07, 6.45) is 2.40. The molecule has 0 unspecified atom stereocenters. The Kier molecular flexibility index (Phi) is 6.07. The van der Waals surface area contributed by atoms with Gasteiger partial charge >= 0.3 is 0 Å². The lowest BCUT2D eigenvalue weighted by atomic mass is 10.0. The number of carbonyl (C=O) groups excluding carboxylic acids is 1. The second-order valence-electron chi connectivity index (χ2n) is 7.00. The van der Waals surface area contributed by atoms with Crippen molar-refractivity contribution >= 4 is 38.6 Å². The van der Waals surface area contributed by atoms with Crippen molar-refractivity contribution < 1.29 is 18.3 Å². The van der Waals surface area contributed by atoms with Gasteiger partial charge in [0.05, 0.1) is 18.2 Å². The molecule has 0 heterocycles. The van der Waals surface area contributed by atoms with Crippen LogP contribution < -0.4 is 9.73 Å². The lowest BCUT2D eigenvalue weighted by Gasteiger charge is -2.23. The second kappa shape index (κ2) is 8.54. The number of phenols is 1. The topological polar surface area (TPSA) is 99.1 Å². The Hall–Kier alpha value is -3.39. The molecule has 2 N–H and O–H groups in total. The summed E-state index contributed by atoms with van der Waals surface area (Å²) in [5.41, 5.74) is 4.95. The number of hydrazone groups is 1. The summed E-state index contributed by atoms with van der Waals surface area (Å²) in [7, 11) is -3.68. The number of hydrogen-bond donors (Lipinski definition) is 2. The highest BCUT2D eigenvalue weighted by Crippen LogP contribution is 2.26. The summed E-state index contributed by atoms with van der Waals surface area (Å²) in [6, 6.07) is 16.1. The third-order valence-electron chi connectivity index (χ3n) is 4.86. The molecule has 0 saturated heterocycles. The van der Waals surface area contributed by atoms with Crippen molar-refractivity contribution in [2.45, 2.75) is 13.8 Å². The van der Waals surface area contributed by atoms with Gasteiger partial charge in [-0.05, 0) is 47.9 Å².